The van der Waals surface area contributed by atoms with Crippen molar-refractivity contribution in [1.29, 1.82) is 0 Å². The van der Waals surface area contributed by atoms with Crippen LogP contribution >= 0.6 is 11.3 Å². The lowest BCUT2D eigenvalue weighted by Gasteiger charge is -2.01. The van der Waals surface area contributed by atoms with E-state index in [0.717, 1.165) is 16.3 Å². The smallest absolute Gasteiger partial charge is 0.275 e. The highest BCUT2D eigenvalue weighted by Gasteiger charge is 2.12. The summed E-state index contributed by atoms with van der Waals surface area (Å²) in [7, 11) is 0. The number of rotatable bonds is 2. The zero-order valence-corrected chi connectivity index (χ0v) is 10.6. The van der Waals surface area contributed by atoms with Gasteiger partial charge in [-0.1, -0.05) is 18.2 Å². The quantitative estimate of drug-likeness (QED) is 0.767. The molecule has 0 radical (unpaired) electrons. The monoisotopic (exact) mass is 257 g/mol. The first-order chi connectivity index (χ1) is 8.74. The van der Waals surface area contributed by atoms with E-state index in [0.29, 0.717) is 5.69 Å². The van der Waals surface area contributed by atoms with Gasteiger partial charge in [-0.3, -0.25) is 9.20 Å². The predicted octanol–water partition coefficient (Wildman–Crippen LogP) is 2.96. The Balaban J connectivity index is 1.88. The van der Waals surface area contributed by atoms with Crippen LogP contribution in [0.15, 0.2) is 41.9 Å². The number of fused-ring (bicyclic) bond motifs is 1. The SMILES string of the molecule is Cc1csc2nc(C(=O)Nc3ccccc3)cn12. The van der Waals surface area contributed by atoms with Crippen molar-refractivity contribution >= 4 is 27.9 Å². The van der Waals surface area contributed by atoms with Gasteiger partial charge >= 0.3 is 0 Å². The Morgan fingerprint density at radius 3 is 2.83 bits per heavy atom. The second-order valence-corrected chi connectivity index (χ2v) is 4.81. The Kier molecular flexibility index (Phi) is 2.60. The van der Waals surface area contributed by atoms with Gasteiger partial charge in [0.15, 0.2) is 4.96 Å². The van der Waals surface area contributed by atoms with Crippen LogP contribution in [0.5, 0.6) is 0 Å². The number of para-hydroxylation sites is 1. The summed E-state index contributed by atoms with van der Waals surface area (Å²) >= 11 is 1.53. The number of hydrogen-bond acceptors (Lipinski definition) is 3. The summed E-state index contributed by atoms with van der Waals surface area (Å²) in [6.45, 7) is 1.99. The van der Waals surface area contributed by atoms with Crippen LogP contribution in [0.1, 0.15) is 16.2 Å². The number of carbonyl (C=O) groups is 1. The molecule has 3 aromatic rings. The fourth-order valence-electron chi connectivity index (χ4n) is 1.72. The average molecular weight is 257 g/mol. The standard InChI is InChI=1S/C13H11N3OS/c1-9-8-18-13-15-11(7-16(9)13)12(17)14-10-5-3-2-4-6-10/h2-8H,1H3,(H,14,17). The molecule has 0 aliphatic rings. The topological polar surface area (TPSA) is 46.4 Å². The second-order valence-electron chi connectivity index (χ2n) is 3.98. The molecule has 4 nitrogen and oxygen atoms in total. The predicted molar refractivity (Wildman–Crippen MR) is 72.2 cm³/mol. The number of carbonyl (C=O) groups excluding carboxylic acids is 1. The molecule has 0 aliphatic carbocycles. The molecule has 1 amide bonds. The molecule has 1 aromatic carbocycles. The van der Waals surface area contributed by atoms with Gasteiger partial charge in [0.05, 0.1) is 0 Å². The maximum Gasteiger partial charge on any atom is 0.275 e. The highest BCUT2D eigenvalue weighted by atomic mass is 32.1. The third kappa shape index (κ3) is 1.89. The van der Waals surface area contributed by atoms with Gasteiger partial charge < -0.3 is 5.32 Å². The minimum absolute atomic E-state index is 0.184. The molecule has 2 heterocycles. The zero-order valence-electron chi connectivity index (χ0n) is 9.75. The normalized spacial score (nSPS) is 10.7. The van der Waals surface area contributed by atoms with E-state index in [4.69, 9.17) is 0 Å². The number of aryl methyl sites for hydroxylation is 1. The molecule has 90 valence electrons. The molecule has 0 aliphatic heterocycles. The minimum atomic E-state index is -0.184. The second kappa shape index (κ2) is 4.27. The third-order valence-corrected chi connectivity index (χ3v) is 3.61. The number of aromatic nitrogens is 2. The zero-order chi connectivity index (χ0) is 12.5. The van der Waals surface area contributed by atoms with Gasteiger partial charge in [0.25, 0.3) is 5.91 Å². The van der Waals surface area contributed by atoms with Crippen molar-refractivity contribution in [1.82, 2.24) is 9.38 Å². The van der Waals surface area contributed by atoms with E-state index in [-0.39, 0.29) is 5.91 Å². The molecule has 0 bridgehead atoms. The number of imidazole rings is 1. The van der Waals surface area contributed by atoms with Crippen molar-refractivity contribution in [2.75, 3.05) is 5.32 Å². The maximum absolute atomic E-state index is 12.0. The summed E-state index contributed by atoms with van der Waals surface area (Å²) in [4.78, 5) is 17.1. The van der Waals surface area contributed by atoms with Crippen LogP contribution in [0.2, 0.25) is 0 Å². The van der Waals surface area contributed by atoms with E-state index in [1.54, 1.807) is 6.20 Å². The van der Waals surface area contributed by atoms with Gasteiger partial charge in [-0.15, -0.1) is 11.3 Å². The van der Waals surface area contributed by atoms with Gasteiger partial charge in [0.2, 0.25) is 0 Å². The fraction of sp³-hybridized carbons (Fsp3) is 0.0769. The summed E-state index contributed by atoms with van der Waals surface area (Å²) in [6, 6.07) is 9.37. The van der Waals surface area contributed by atoms with Crippen LogP contribution in [-0.2, 0) is 0 Å². The molecule has 0 unspecified atom stereocenters. The van der Waals surface area contributed by atoms with Gasteiger partial charge in [-0.25, -0.2) is 4.98 Å². The van der Waals surface area contributed by atoms with E-state index in [1.165, 1.54) is 11.3 Å². The van der Waals surface area contributed by atoms with E-state index >= 15 is 0 Å². The average Bonchev–Trinajstić information content (AvgIpc) is 2.93. The Morgan fingerprint density at radius 1 is 1.33 bits per heavy atom. The summed E-state index contributed by atoms with van der Waals surface area (Å²) in [6.07, 6.45) is 1.76. The fourth-order valence-corrected chi connectivity index (χ4v) is 2.57. The summed E-state index contributed by atoms with van der Waals surface area (Å²) in [5.41, 5.74) is 2.30. The van der Waals surface area contributed by atoms with Crippen LogP contribution in [0.3, 0.4) is 0 Å². The molecule has 0 saturated carbocycles. The molecule has 0 saturated heterocycles. The first kappa shape index (κ1) is 11.0. The summed E-state index contributed by atoms with van der Waals surface area (Å²) < 4.78 is 1.92. The number of thiazole rings is 1. The number of hydrogen-bond donors (Lipinski definition) is 1. The number of benzene rings is 1. The van der Waals surface area contributed by atoms with E-state index < -0.39 is 0 Å². The molecule has 18 heavy (non-hydrogen) atoms. The number of nitrogens with zero attached hydrogens (tertiary/aromatic N) is 2. The number of nitrogens with one attached hydrogen (secondary N) is 1. The number of amides is 1. The lowest BCUT2D eigenvalue weighted by molar-refractivity contribution is 0.102. The molecule has 2 aromatic heterocycles. The molecule has 0 fully saturated rings. The van der Waals surface area contributed by atoms with Crippen molar-refractivity contribution in [2.24, 2.45) is 0 Å². The first-order valence-electron chi connectivity index (χ1n) is 5.53. The van der Waals surface area contributed by atoms with Crippen LogP contribution in [0.25, 0.3) is 4.96 Å². The number of anilines is 1. The maximum atomic E-state index is 12.0. The highest BCUT2D eigenvalue weighted by molar-refractivity contribution is 7.15. The van der Waals surface area contributed by atoms with Gasteiger partial charge in [0, 0.05) is 23.0 Å². The van der Waals surface area contributed by atoms with Crippen molar-refractivity contribution < 1.29 is 4.79 Å². The molecule has 0 spiro atoms. The summed E-state index contributed by atoms with van der Waals surface area (Å²) in [5, 5.41) is 4.83. The molecule has 5 heteroatoms. The van der Waals surface area contributed by atoms with Crippen molar-refractivity contribution in [2.45, 2.75) is 6.92 Å². The van der Waals surface area contributed by atoms with E-state index in [1.807, 2.05) is 47.0 Å². The summed E-state index contributed by atoms with van der Waals surface area (Å²) in [5.74, 6) is -0.184. The molecule has 1 N–H and O–H groups in total. The van der Waals surface area contributed by atoms with Crippen LogP contribution in [0.4, 0.5) is 5.69 Å². The van der Waals surface area contributed by atoms with Crippen LogP contribution in [0, 0.1) is 6.92 Å². The molecule has 3 rings (SSSR count). The highest BCUT2D eigenvalue weighted by Crippen LogP contribution is 2.16. The largest absolute Gasteiger partial charge is 0.321 e. The van der Waals surface area contributed by atoms with E-state index in [2.05, 4.69) is 10.3 Å². The minimum Gasteiger partial charge on any atom is -0.321 e. The molecule has 0 atom stereocenters. The van der Waals surface area contributed by atoms with Crippen molar-refractivity contribution in [3.8, 4) is 0 Å². The Labute approximate surface area is 108 Å². The van der Waals surface area contributed by atoms with Gasteiger partial charge in [-0.05, 0) is 19.1 Å². The lowest BCUT2D eigenvalue weighted by atomic mass is 10.3. The van der Waals surface area contributed by atoms with Crippen molar-refractivity contribution in [3.05, 3.63) is 53.3 Å². The van der Waals surface area contributed by atoms with Crippen LogP contribution < -0.4 is 5.32 Å². The molecular weight excluding hydrogens is 246 g/mol. The lowest BCUT2D eigenvalue weighted by Crippen LogP contribution is -2.12. The Morgan fingerprint density at radius 2 is 2.11 bits per heavy atom. The third-order valence-electron chi connectivity index (χ3n) is 2.65. The Bertz CT molecular complexity index is 699. The Hall–Kier alpha value is -2.14. The first-order valence-corrected chi connectivity index (χ1v) is 6.41. The van der Waals surface area contributed by atoms with Gasteiger partial charge in [0.1, 0.15) is 5.69 Å². The van der Waals surface area contributed by atoms with Gasteiger partial charge in [-0.2, -0.15) is 0 Å². The van der Waals surface area contributed by atoms with E-state index in [9.17, 15) is 4.79 Å². The molecular formula is C13H11N3OS. The van der Waals surface area contributed by atoms with Crippen molar-refractivity contribution in [3.63, 3.8) is 0 Å². The van der Waals surface area contributed by atoms with Crippen LogP contribution in [-0.4, -0.2) is 15.3 Å².